The van der Waals surface area contributed by atoms with Crippen LogP contribution >= 0.6 is 11.3 Å². The van der Waals surface area contributed by atoms with Gasteiger partial charge in [-0.1, -0.05) is 6.07 Å². The van der Waals surface area contributed by atoms with E-state index in [9.17, 15) is 14.9 Å². The van der Waals surface area contributed by atoms with Gasteiger partial charge in [0, 0.05) is 17.0 Å². The van der Waals surface area contributed by atoms with Crippen molar-refractivity contribution in [1.29, 1.82) is 0 Å². The van der Waals surface area contributed by atoms with Crippen LogP contribution in [0.3, 0.4) is 0 Å². The lowest BCUT2D eigenvalue weighted by atomic mass is 10.3. The van der Waals surface area contributed by atoms with Gasteiger partial charge >= 0.3 is 0 Å². The van der Waals surface area contributed by atoms with Crippen molar-refractivity contribution in [2.24, 2.45) is 0 Å². The first kappa shape index (κ1) is 15.0. The maximum absolute atomic E-state index is 11.9. The van der Waals surface area contributed by atoms with Gasteiger partial charge in [0.05, 0.1) is 11.5 Å². The summed E-state index contributed by atoms with van der Waals surface area (Å²) in [5.74, 6) is 0.182. The molecule has 21 heavy (non-hydrogen) atoms. The number of ether oxygens (including phenoxy) is 1. The lowest BCUT2D eigenvalue weighted by molar-refractivity contribution is -0.384. The summed E-state index contributed by atoms with van der Waals surface area (Å²) in [5.41, 5.74) is -0.0165. The Morgan fingerprint density at radius 2 is 2.10 bits per heavy atom. The fourth-order valence-corrected chi connectivity index (χ4v) is 2.28. The molecule has 0 saturated heterocycles. The quantitative estimate of drug-likeness (QED) is 0.657. The topological polar surface area (TPSA) is 81.5 Å². The Kier molecular flexibility index (Phi) is 4.89. The second kappa shape index (κ2) is 6.85. The summed E-state index contributed by atoms with van der Waals surface area (Å²) in [6.45, 7) is 2.09. The molecule has 1 heterocycles. The molecule has 0 unspecified atom stereocenters. The van der Waals surface area contributed by atoms with Crippen LogP contribution in [0.25, 0.3) is 0 Å². The summed E-state index contributed by atoms with van der Waals surface area (Å²) in [5, 5.41) is 15.3. The van der Waals surface area contributed by atoms with Gasteiger partial charge in [0.25, 0.3) is 11.6 Å². The lowest BCUT2D eigenvalue weighted by Gasteiger charge is -2.14. The van der Waals surface area contributed by atoms with Crippen molar-refractivity contribution < 1.29 is 14.5 Å². The number of rotatable bonds is 6. The van der Waals surface area contributed by atoms with E-state index in [0.717, 1.165) is 4.88 Å². The average Bonchev–Trinajstić information content (AvgIpc) is 2.98. The number of non-ortho nitro benzene ring substituents is 1. The number of thiophene rings is 1. The highest BCUT2D eigenvalue weighted by molar-refractivity contribution is 7.09. The average molecular weight is 306 g/mol. The zero-order valence-electron chi connectivity index (χ0n) is 11.3. The number of hydrogen-bond donors (Lipinski definition) is 1. The number of hydrogen-bond acceptors (Lipinski definition) is 5. The Morgan fingerprint density at radius 1 is 1.38 bits per heavy atom. The maximum atomic E-state index is 11.9. The minimum Gasteiger partial charge on any atom is -0.481 e. The number of amides is 1. The number of carbonyl (C=O) groups excluding carboxylic acids is 1. The summed E-state index contributed by atoms with van der Waals surface area (Å²) >= 11 is 1.57. The van der Waals surface area contributed by atoms with Crippen LogP contribution in [0.15, 0.2) is 41.8 Å². The summed E-state index contributed by atoms with van der Waals surface area (Å²) in [7, 11) is 0. The van der Waals surface area contributed by atoms with Gasteiger partial charge in [-0.3, -0.25) is 14.9 Å². The first-order valence-corrected chi connectivity index (χ1v) is 7.15. The van der Waals surface area contributed by atoms with Gasteiger partial charge in [0.15, 0.2) is 6.10 Å². The predicted molar refractivity (Wildman–Crippen MR) is 79.4 cm³/mol. The number of nitrogens with one attached hydrogen (secondary N) is 1. The summed E-state index contributed by atoms with van der Waals surface area (Å²) < 4.78 is 5.45. The fraction of sp³-hybridized carbons (Fsp3) is 0.214. The minimum atomic E-state index is -0.675. The highest BCUT2D eigenvalue weighted by Gasteiger charge is 2.15. The monoisotopic (exact) mass is 306 g/mol. The summed E-state index contributed by atoms with van der Waals surface area (Å²) in [6.07, 6.45) is -0.675. The summed E-state index contributed by atoms with van der Waals surface area (Å²) in [4.78, 5) is 23.0. The third-order valence-corrected chi connectivity index (χ3v) is 3.62. The van der Waals surface area contributed by atoms with E-state index in [1.54, 1.807) is 18.3 Å². The Hall–Kier alpha value is -2.41. The molecule has 1 N–H and O–H groups in total. The molecule has 0 spiro atoms. The molecule has 0 bridgehead atoms. The van der Waals surface area contributed by atoms with Gasteiger partial charge in [-0.25, -0.2) is 0 Å². The van der Waals surface area contributed by atoms with E-state index in [0.29, 0.717) is 12.3 Å². The Bertz CT molecular complexity index is 610. The number of nitrogens with zero attached hydrogens (tertiary/aromatic N) is 1. The first-order valence-electron chi connectivity index (χ1n) is 6.27. The molecule has 110 valence electrons. The van der Waals surface area contributed by atoms with Gasteiger partial charge < -0.3 is 10.1 Å². The normalized spacial score (nSPS) is 11.7. The minimum absolute atomic E-state index is 0.0165. The second-order valence-corrected chi connectivity index (χ2v) is 5.34. The molecule has 1 aromatic carbocycles. The zero-order chi connectivity index (χ0) is 15.2. The third kappa shape index (κ3) is 4.28. The lowest BCUT2D eigenvalue weighted by Crippen LogP contribution is -2.35. The number of carbonyl (C=O) groups is 1. The van der Waals surface area contributed by atoms with Crippen LogP contribution in [0.1, 0.15) is 11.8 Å². The molecule has 0 saturated carbocycles. The Morgan fingerprint density at radius 3 is 2.67 bits per heavy atom. The molecule has 1 aromatic heterocycles. The van der Waals surface area contributed by atoms with E-state index in [1.165, 1.54) is 24.3 Å². The van der Waals surface area contributed by atoms with E-state index in [1.807, 2.05) is 17.5 Å². The first-order chi connectivity index (χ1) is 10.1. The Balaban J connectivity index is 1.86. The van der Waals surface area contributed by atoms with Gasteiger partial charge in [0.1, 0.15) is 5.75 Å². The van der Waals surface area contributed by atoms with Crippen LogP contribution in [0.2, 0.25) is 0 Å². The van der Waals surface area contributed by atoms with Crippen molar-refractivity contribution >= 4 is 22.9 Å². The van der Waals surface area contributed by atoms with Crippen molar-refractivity contribution in [2.75, 3.05) is 0 Å². The summed E-state index contributed by atoms with van der Waals surface area (Å²) in [6, 6.07) is 9.48. The van der Waals surface area contributed by atoms with Crippen molar-refractivity contribution in [2.45, 2.75) is 19.6 Å². The second-order valence-electron chi connectivity index (χ2n) is 4.31. The predicted octanol–water partition coefficient (Wildman–Crippen LogP) is 2.74. The molecule has 0 aliphatic heterocycles. The molecular weight excluding hydrogens is 292 g/mol. The van der Waals surface area contributed by atoms with Crippen LogP contribution in [-0.4, -0.2) is 16.9 Å². The molecule has 0 fully saturated rings. The van der Waals surface area contributed by atoms with E-state index in [2.05, 4.69) is 5.32 Å². The highest BCUT2D eigenvalue weighted by Crippen LogP contribution is 2.18. The van der Waals surface area contributed by atoms with E-state index >= 15 is 0 Å². The van der Waals surface area contributed by atoms with Crippen molar-refractivity contribution in [1.82, 2.24) is 5.32 Å². The third-order valence-electron chi connectivity index (χ3n) is 2.75. The molecule has 2 rings (SSSR count). The molecule has 6 nitrogen and oxygen atoms in total. The van der Waals surface area contributed by atoms with Crippen LogP contribution in [0, 0.1) is 10.1 Å². The number of nitro benzene ring substituents is 1. The van der Waals surface area contributed by atoms with E-state index < -0.39 is 11.0 Å². The molecule has 2 aromatic rings. The Labute approximate surface area is 125 Å². The van der Waals surface area contributed by atoms with Crippen LogP contribution in [0.5, 0.6) is 5.75 Å². The highest BCUT2D eigenvalue weighted by atomic mass is 32.1. The number of nitro groups is 1. The largest absolute Gasteiger partial charge is 0.481 e. The molecule has 7 heteroatoms. The van der Waals surface area contributed by atoms with Gasteiger partial charge in [-0.05, 0) is 30.5 Å². The molecular formula is C14H14N2O4S. The van der Waals surface area contributed by atoms with E-state index in [-0.39, 0.29) is 11.6 Å². The molecule has 1 atom stereocenters. The molecule has 0 aliphatic carbocycles. The van der Waals surface area contributed by atoms with Crippen molar-refractivity contribution in [3.05, 3.63) is 56.8 Å². The van der Waals surface area contributed by atoms with Crippen LogP contribution < -0.4 is 10.1 Å². The molecule has 0 aliphatic rings. The molecule has 0 radical (unpaired) electrons. The van der Waals surface area contributed by atoms with E-state index in [4.69, 9.17) is 4.74 Å². The van der Waals surface area contributed by atoms with Crippen molar-refractivity contribution in [3.63, 3.8) is 0 Å². The van der Waals surface area contributed by atoms with Crippen LogP contribution in [0.4, 0.5) is 5.69 Å². The van der Waals surface area contributed by atoms with Gasteiger partial charge in [-0.15, -0.1) is 11.3 Å². The zero-order valence-corrected chi connectivity index (χ0v) is 12.1. The van der Waals surface area contributed by atoms with Crippen molar-refractivity contribution in [3.8, 4) is 5.75 Å². The fourth-order valence-electron chi connectivity index (χ4n) is 1.64. The van der Waals surface area contributed by atoms with Crippen LogP contribution in [-0.2, 0) is 11.3 Å². The van der Waals surface area contributed by atoms with Gasteiger partial charge in [0.2, 0.25) is 0 Å². The molecule has 1 amide bonds. The SMILES string of the molecule is C[C@@H](Oc1ccc([N+](=O)[O-])cc1)C(=O)NCc1cccs1. The number of benzene rings is 1. The smallest absolute Gasteiger partial charge is 0.269 e. The maximum Gasteiger partial charge on any atom is 0.269 e. The van der Waals surface area contributed by atoms with Gasteiger partial charge in [-0.2, -0.15) is 0 Å². The standard InChI is InChI=1S/C14H14N2O4S/c1-10(14(17)15-9-13-3-2-8-21-13)20-12-6-4-11(5-7-12)16(18)19/h2-8,10H,9H2,1H3,(H,15,17)/t10-/m1/s1.